The number of benzene rings is 1. The van der Waals surface area contributed by atoms with Crippen molar-refractivity contribution in [2.45, 2.75) is 32.8 Å². The van der Waals surface area contributed by atoms with Crippen molar-refractivity contribution >= 4 is 21.6 Å². The molecule has 1 rings (SSSR count). The molecule has 0 aliphatic carbocycles. The van der Waals surface area contributed by atoms with Crippen LogP contribution in [0.4, 0.5) is 5.69 Å². The Labute approximate surface area is 109 Å². The van der Waals surface area contributed by atoms with E-state index < -0.39 is 4.92 Å². The van der Waals surface area contributed by atoms with Crippen LogP contribution in [0.2, 0.25) is 0 Å². The summed E-state index contributed by atoms with van der Waals surface area (Å²) < 4.78 is 0.725. The number of hydrogen-bond donors (Lipinski definition) is 1. The molecular formula is C12H16BrNO3. The summed E-state index contributed by atoms with van der Waals surface area (Å²) >= 11 is 3.32. The molecule has 0 aliphatic rings. The summed E-state index contributed by atoms with van der Waals surface area (Å²) in [6.07, 6.45) is 1.03. The molecule has 0 heterocycles. The molecule has 5 heteroatoms. The number of nitrogens with zero attached hydrogens (tertiary/aromatic N) is 1. The van der Waals surface area contributed by atoms with Crippen molar-refractivity contribution < 1.29 is 10.0 Å². The quantitative estimate of drug-likeness (QED) is 0.670. The first-order valence-electron chi connectivity index (χ1n) is 5.52. The maximum Gasteiger partial charge on any atom is 0.270 e. The van der Waals surface area contributed by atoms with Crippen LogP contribution in [0.5, 0.6) is 0 Å². The van der Waals surface area contributed by atoms with Crippen LogP contribution in [0.1, 0.15) is 25.8 Å². The zero-order valence-corrected chi connectivity index (χ0v) is 11.5. The van der Waals surface area contributed by atoms with Crippen LogP contribution < -0.4 is 0 Å². The standard InChI is InChI=1S/C12H16BrNO3/c1-8(2)12(15)6-4-9-3-5-10(14(16)17)7-11(9)13/h3,5,7-8,12,15H,4,6H2,1-2H3. The molecule has 0 aromatic heterocycles. The van der Waals surface area contributed by atoms with Crippen LogP contribution in [0, 0.1) is 16.0 Å². The predicted octanol–water partition coefficient (Wildman–Crippen LogP) is 3.31. The van der Waals surface area contributed by atoms with Gasteiger partial charge in [-0.2, -0.15) is 0 Å². The van der Waals surface area contributed by atoms with Gasteiger partial charge in [-0.15, -0.1) is 0 Å². The minimum absolute atomic E-state index is 0.0741. The monoisotopic (exact) mass is 301 g/mol. The summed E-state index contributed by atoms with van der Waals surface area (Å²) in [5, 5.41) is 20.3. The van der Waals surface area contributed by atoms with Gasteiger partial charge in [0.1, 0.15) is 0 Å². The Hall–Kier alpha value is -0.940. The lowest BCUT2D eigenvalue weighted by Gasteiger charge is -2.14. The maximum atomic E-state index is 10.6. The Balaban J connectivity index is 2.70. The molecule has 0 saturated heterocycles. The summed E-state index contributed by atoms with van der Waals surface area (Å²) in [5.41, 5.74) is 1.06. The molecule has 0 amide bonds. The van der Waals surface area contributed by atoms with E-state index in [9.17, 15) is 15.2 Å². The predicted molar refractivity (Wildman–Crippen MR) is 70.0 cm³/mol. The molecule has 1 aromatic rings. The molecule has 94 valence electrons. The molecule has 17 heavy (non-hydrogen) atoms. The molecule has 1 N–H and O–H groups in total. The van der Waals surface area contributed by atoms with E-state index in [0.29, 0.717) is 12.8 Å². The van der Waals surface area contributed by atoms with E-state index in [2.05, 4.69) is 15.9 Å². The number of aliphatic hydroxyl groups excluding tert-OH is 1. The number of aryl methyl sites for hydroxylation is 1. The van der Waals surface area contributed by atoms with Crippen molar-refractivity contribution in [2.24, 2.45) is 5.92 Å². The van der Waals surface area contributed by atoms with Gasteiger partial charge in [-0.25, -0.2) is 0 Å². The second-order valence-corrected chi connectivity index (χ2v) is 5.24. The van der Waals surface area contributed by atoms with Crippen molar-refractivity contribution in [2.75, 3.05) is 0 Å². The maximum absolute atomic E-state index is 10.6. The van der Waals surface area contributed by atoms with E-state index in [1.165, 1.54) is 12.1 Å². The molecular weight excluding hydrogens is 286 g/mol. The highest BCUT2D eigenvalue weighted by molar-refractivity contribution is 9.10. The Morgan fingerprint density at radius 1 is 1.47 bits per heavy atom. The third-order valence-corrected chi connectivity index (χ3v) is 3.46. The van der Waals surface area contributed by atoms with Gasteiger partial charge in [0.05, 0.1) is 11.0 Å². The van der Waals surface area contributed by atoms with Crippen LogP contribution in [0.25, 0.3) is 0 Å². The van der Waals surface area contributed by atoms with Gasteiger partial charge >= 0.3 is 0 Å². The van der Waals surface area contributed by atoms with Gasteiger partial charge in [0.25, 0.3) is 5.69 Å². The molecule has 1 aromatic carbocycles. The summed E-state index contributed by atoms with van der Waals surface area (Å²) in [6, 6.07) is 4.72. The van der Waals surface area contributed by atoms with Crippen LogP contribution in [0.3, 0.4) is 0 Å². The van der Waals surface area contributed by atoms with Crippen molar-refractivity contribution in [3.05, 3.63) is 38.3 Å². The van der Waals surface area contributed by atoms with E-state index in [-0.39, 0.29) is 17.7 Å². The van der Waals surface area contributed by atoms with E-state index in [4.69, 9.17) is 0 Å². The first kappa shape index (κ1) is 14.1. The summed E-state index contributed by atoms with van der Waals surface area (Å²) in [4.78, 5) is 10.1. The van der Waals surface area contributed by atoms with E-state index in [0.717, 1.165) is 10.0 Å². The molecule has 1 atom stereocenters. The molecule has 0 fully saturated rings. The number of hydrogen-bond acceptors (Lipinski definition) is 3. The smallest absolute Gasteiger partial charge is 0.270 e. The average Bonchev–Trinajstić information content (AvgIpc) is 2.26. The van der Waals surface area contributed by atoms with Crippen LogP contribution >= 0.6 is 15.9 Å². The molecule has 0 radical (unpaired) electrons. The van der Waals surface area contributed by atoms with E-state index >= 15 is 0 Å². The third-order valence-electron chi connectivity index (χ3n) is 2.73. The number of halogens is 1. The summed E-state index contributed by atoms with van der Waals surface area (Å²) in [6.45, 7) is 3.94. The highest BCUT2D eigenvalue weighted by Crippen LogP contribution is 2.24. The number of rotatable bonds is 5. The molecule has 0 spiro atoms. The van der Waals surface area contributed by atoms with Crippen LogP contribution in [-0.2, 0) is 6.42 Å². The molecule has 0 bridgehead atoms. The second kappa shape index (κ2) is 6.12. The Bertz CT molecular complexity index is 407. The van der Waals surface area contributed by atoms with Crippen molar-refractivity contribution in [3.63, 3.8) is 0 Å². The van der Waals surface area contributed by atoms with Crippen molar-refractivity contribution in [1.82, 2.24) is 0 Å². The van der Waals surface area contributed by atoms with Gasteiger partial charge in [0, 0.05) is 16.6 Å². The second-order valence-electron chi connectivity index (χ2n) is 4.38. The topological polar surface area (TPSA) is 63.4 Å². The lowest BCUT2D eigenvalue weighted by Crippen LogP contribution is -2.15. The van der Waals surface area contributed by atoms with Gasteiger partial charge in [0.15, 0.2) is 0 Å². The fourth-order valence-electron chi connectivity index (χ4n) is 1.49. The SMILES string of the molecule is CC(C)C(O)CCc1ccc([N+](=O)[O-])cc1Br. The van der Waals surface area contributed by atoms with Gasteiger partial charge in [-0.3, -0.25) is 10.1 Å². The summed E-state index contributed by atoms with van der Waals surface area (Å²) in [7, 11) is 0. The number of nitro benzene ring substituents is 1. The van der Waals surface area contributed by atoms with Crippen molar-refractivity contribution in [3.8, 4) is 0 Å². The zero-order valence-electron chi connectivity index (χ0n) is 9.89. The first-order chi connectivity index (χ1) is 7.91. The van der Waals surface area contributed by atoms with Crippen molar-refractivity contribution in [1.29, 1.82) is 0 Å². The highest BCUT2D eigenvalue weighted by atomic mass is 79.9. The minimum Gasteiger partial charge on any atom is -0.393 e. The fraction of sp³-hybridized carbons (Fsp3) is 0.500. The number of aliphatic hydroxyl groups is 1. The highest BCUT2D eigenvalue weighted by Gasteiger charge is 2.12. The average molecular weight is 302 g/mol. The fourth-order valence-corrected chi connectivity index (χ4v) is 2.05. The lowest BCUT2D eigenvalue weighted by atomic mass is 9.99. The largest absolute Gasteiger partial charge is 0.393 e. The number of non-ortho nitro benzene ring substituents is 1. The molecule has 0 saturated carbocycles. The van der Waals surface area contributed by atoms with E-state index in [1.54, 1.807) is 6.07 Å². The normalized spacial score (nSPS) is 12.8. The Kier molecular flexibility index (Phi) is 5.08. The third kappa shape index (κ3) is 4.09. The van der Waals surface area contributed by atoms with E-state index in [1.807, 2.05) is 13.8 Å². The number of nitro groups is 1. The lowest BCUT2D eigenvalue weighted by molar-refractivity contribution is -0.384. The van der Waals surface area contributed by atoms with Crippen LogP contribution in [0.15, 0.2) is 22.7 Å². The summed E-state index contributed by atoms with van der Waals surface area (Å²) in [5.74, 6) is 0.229. The van der Waals surface area contributed by atoms with Gasteiger partial charge in [-0.1, -0.05) is 35.8 Å². The Morgan fingerprint density at radius 3 is 2.59 bits per heavy atom. The molecule has 0 aliphatic heterocycles. The van der Waals surface area contributed by atoms with Gasteiger partial charge < -0.3 is 5.11 Å². The molecule has 1 unspecified atom stereocenters. The van der Waals surface area contributed by atoms with Crippen LogP contribution in [-0.4, -0.2) is 16.1 Å². The van der Waals surface area contributed by atoms with Gasteiger partial charge in [-0.05, 0) is 24.3 Å². The molecule has 4 nitrogen and oxygen atoms in total. The zero-order chi connectivity index (χ0) is 13.0. The minimum atomic E-state index is -0.419. The Morgan fingerprint density at radius 2 is 2.12 bits per heavy atom. The van der Waals surface area contributed by atoms with Gasteiger partial charge in [0.2, 0.25) is 0 Å². The first-order valence-corrected chi connectivity index (χ1v) is 6.32.